The summed E-state index contributed by atoms with van der Waals surface area (Å²) in [5, 5.41) is 5.53. The molecule has 0 aliphatic heterocycles. The summed E-state index contributed by atoms with van der Waals surface area (Å²) in [6.45, 7) is 2.02. The zero-order valence-corrected chi connectivity index (χ0v) is 16.7. The predicted octanol–water partition coefficient (Wildman–Crippen LogP) is 4.31. The maximum atomic E-state index is 11.9. The zero-order valence-electron chi connectivity index (χ0n) is 16.7. The van der Waals surface area contributed by atoms with Gasteiger partial charge in [0.2, 0.25) is 6.41 Å². The van der Waals surface area contributed by atoms with Gasteiger partial charge in [0.1, 0.15) is 5.75 Å². The quantitative estimate of drug-likeness (QED) is 0.591. The number of ether oxygens (including phenoxy) is 1. The van der Waals surface area contributed by atoms with Gasteiger partial charge in [0.15, 0.2) is 0 Å². The topological polar surface area (TPSA) is 67.4 Å². The number of hydrogen-bond acceptors (Lipinski definition) is 3. The molecule has 0 aliphatic rings. The van der Waals surface area contributed by atoms with Gasteiger partial charge in [-0.15, -0.1) is 0 Å². The van der Waals surface area contributed by atoms with Crippen LogP contribution in [0.4, 0.5) is 5.69 Å². The molecule has 2 amide bonds. The van der Waals surface area contributed by atoms with Gasteiger partial charge < -0.3 is 15.4 Å². The molecule has 150 valence electrons. The van der Waals surface area contributed by atoms with Crippen molar-refractivity contribution in [3.8, 4) is 5.75 Å². The van der Waals surface area contributed by atoms with Crippen molar-refractivity contribution in [1.29, 1.82) is 0 Å². The minimum absolute atomic E-state index is 0.0148. The van der Waals surface area contributed by atoms with Crippen molar-refractivity contribution in [2.45, 2.75) is 19.4 Å². The van der Waals surface area contributed by atoms with Gasteiger partial charge in [-0.25, -0.2) is 0 Å². The van der Waals surface area contributed by atoms with Crippen LogP contribution in [0.3, 0.4) is 0 Å². The average Bonchev–Trinajstić information content (AvgIpc) is 2.76. The smallest absolute Gasteiger partial charge is 0.251 e. The summed E-state index contributed by atoms with van der Waals surface area (Å²) in [4.78, 5) is 22.0. The fourth-order valence-electron chi connectivity index (χ4n) is 2.74. The van der Waals surface area contributed by atoms with E-state index in [4.69, 9.17) is 4.74 Å². The molecule has 0 heterocycles. The highest BCUT2D eigenvalue weighted by molar-refractivity contribution is 5.94. The molecule has 5 heteroatoms. The van der Waals surface area contributed by atoms with Crippen LogP contribution < -0.4 is 15.4 Å². The average molecular weight is 390 g/mol. The maximum Gasteiger partial charge on any atom is 0.251 e. The van der Waals surface area contributed by atoms with Crippen molar-refractivity contribution in [1.82, 2.24) is 5.32 Å². The lowest BCUT2D eigenvalue weighted by molar-refractivity contribution is -0.105. The Hall–Kier alpha value is -3.60. The van der Waals surface area contributed by atoms with E-state index in [0.717, 1.165) is 6.42 Å². The Morgan fingerprint density at radius 3 is 2.14 bits per heavy atom. The van der Waals surface area contributed by atoms with E-state index >= 15 is 0 Å². The van der Waals surface area contributed by atoms with Crippen LogP contribution in [0.1, 0.15) is 22.8 Å². The third kappa shape index (κ3) is 7.50. The van der Waals surface area contributed by atoms with Crippen LogP contribution in [0.25, 0.3) is 0 Å². The number of carbonyl (C=O) groups excluding carboxylic acids is 2. The Morgan fingerprint density at radius 2 is 1.52 bits per heavy atom. The second-order valence-corrected chi connectivity index (χ2v) is 6.39. The Labute approximate surface area is 171 Å². The standard InChI is InChI=1S/C16H17NO.C8H9NO2/c1-13(12-14-8-4-2-5-9-14)17-16(18)15-10-6-3-7-11-15;1-11-8-5-3-2-4-7(8)9-6-10/h2-11,13H,12H2,1H3,(H,17,18);2-6H,1H3,(H,9,10). The van der Waals surface area contributed by atoms with Gasteiger partial charge in [0.25, 0.3) is 5.91 Å². The van der Waals surface area contributed by atoms with Crippen molar-refractivity contribution >= 4 is 18.0 Å². The molecule has 0 saturated carbocycles. The lowest BCUT2D eigenvalue weighted by atomic mass is 10.1. The molecule has 0 radical (unpaired) electrons. The Balaban J connectivity index is 0.000000234. The third-order valence-electron chi connectivity index (χ3n) is 4.12. The van der Waals surface area contributed by atoms with E-state index in [1.165, 1.54) is 5.56 Å². The first-order valence-electron chi connectivity index (χ1n) is 9.37. The Kier molecular flexibility index (Phi) is 8.96. The van der Waals surface area contributed by atoms with Crippen LogP contribution >= 0.6 is 0 Å². The van der Waals surface area contributed by atoms with Gasteiger partial charge in [-0.3, -0.25) is 9.59 Å². The molecule has 0 aliphatic carbocycles. The summed E-state index contributed by atoms with van der Waals surface area (Å²) in [5.41, 5.74) is 2.63. The summed E-state index contributed by atoms with van der Waals surface area (Å²) in [5.74, 6) is 0.652. The summed E-state index contributed by atoms with van der Waals surface area (Å²) in [6.07, 6.45) is 1.47. The van der Waals surface area contributed by atoms with E-state index in [1.54, 1.807) is 19.2 Å². The molecule has 1 atom stereocenters. The van der Waals surface area contributed by atoms with Gasteiger partial charge in [-0.1, -0.05) is 60.7 Å². The van der Waals surface area contributed by atoms with Crippen molar-refractivity contribution < 1.29 is 14.3 Å². The highest BCUT2D eigenvalue weighted by Gasteiger charge is 2.09. The third-order valence-corrected chi connectivity index (χ3v) is 4.12. The number of hydrogen-bond donors (Lipinski definition) is 2. The fraction of sp³-hybridized carbons (Fsp3) is 0.167. The van der Waals surface area contributed by atoms with Crippen LogP contribution in [0.5, 0.6) is 5.75 Å². The summed E-state index contributed by atoms with van der Waals surface area (Å²) < 4.78 is 4.98. The Bertz CT molecular complexity index is 883. The molecule has 0 bridgehead atoms. The highest BCUT2D eigenvalue weighted by Crippen LogP contribution is 2.21. The molecule has 0 spiro atoms. The van der Waals surface area contributed by atoms with E-state index in [1.807, 2.05) is 67.6 Å². The van der Waals surface area contributed by atoms with Crippen LogP contribution in [0, 0.1) is 0 Å². The van der Waals surface area contributed by atoms with Crippen molar-refractivity contribution in [2.24, 2.45) is 0 Å². The molecule has 5 nitrogen and oxygen atoms in total. The van der Waals surface area contributed by atoms with E-state index < -0.39 is 0 Å². The first-order chi connectivity index (χ1) is 14.1. The molecule has 3 rings (SSSR count). The number of anilines is 1. The SMILES string of the molecule is CC(Cc1ccccc1)NC(=O)c1ccccc1.COc1ccccc1NC=O. The van der Waals surface area contributed by atoms with E-state index in [0.29, 0.717) is 23.4 Å². The second-order valence-electron chi connectivity index (χ2n) is 6.39. The second kappa shape index (κ2) is 12.0. The number of para-hydroxylation sites is 2. The molecule has 29 heavy (non-hydrogen) atoms. The number of benzene rings is 3. The minimum Gasteiger partial charge on any atom is -0.495 e. The number of nitrogens with one attached hydrogen (secondary N) is 2. The molecule has 0 fully saturated rings. The van der Waals surface area contributed by atoms with Gasteiger partial charge in [0, 0.05) is 11.6 Å². The summed E-state index contributed by atoms with van der Waals surface area (Å²) >= 11 is 0. The first-order valence-corrected chi connectivity index (χ1v) is 9.37. The molecule has 0 aromatic heterocycles. The van der Waals surface area contributed by atoms with Crippen molar-refractivity contribution in [2.75, 3.05) is 12.4 Å². The largest absolute Gasteiger partial charge is 0.495 e. The van der Waals surface area contributed by atoms with Gasteiger partial charge in [-0.2, -0.15) is 0 Å². The molecule has 2 N–H and O–H groups in total. The number of amides is 2. The molecular weight excluding hydrogens is 364 g/mol. The monoisotopic (exact) mass is 390 g/mol. The highest BCUT2D eigenvalue weighted by atomic mass is 16.5. The summed E-state index contributed by atoms with van der Waals surface area (Å²) in [7, 11) is 1.56. The van der Waals surface area contributed by atoms with E-state index in [-0.39, 0.29) is 11.9 Å². The van der Waals surface area contributed by atoms with E-state index in [9.17, 15) is 9.59 Å². The fourth-order valence-corrected chi connectivity index (χ4v) is 2.74. The van der Waals surface area contributed by atoms with Crippen LogP contribution in [-0.2, 0) is 11.2 Å². The minimum atomic E-state index is -0.0148. The van der Waals surface area contributed by atoms with Crippen LogP contribution in [0.15, 0.2) is 84.9 Å². The van der Waals surface area contributed by atoms with Crippen LogP contribution in [0.2, 0.25) is 0 Å². The number of methoxy groups -OCH3 is 1. The lowest BCUT2D eigenvalue weighted by Gasteiger charge is -2.14. The maximum absolute atomic E-state index is 11.9. The predicted molar refractivity (Wildman–Crippen MR) is 116 cm³/mol. The lowest BCUT2D eigenvalue weighted by Crippen LogP contribution is -2.34. The molecular formula is C24H26N2O3. The van der Waals surface area contributed by atoms with Gasteiger partial charge >= 0.3 is 0 Å². The first kappa shape index (κ1) is 21.7. The molecule has 3 aromatic rings. The summed E-state index contributed by atoms with van der Waals surface area (Å²) in [6, 6.07) is 26.8. The van der Waals surface area contributed by atoms with Crippen LogP contribution in [-0.4, -0.2) is 25.5 Å². The van der Waals surface area contributed by atoms with Crippen molar-refractivity contribution in [3.63, 3.8) is 0 Å². The zero-order chi connectivity index (χ0) is 20.9. The number of carbonyl (C=O) groups is 2. The number of rotatable bonds is 7. The van der Waals surface area contributed by atoms with Gasteiger partial charge in [0.05, 0.1) is 12.8 Å². The molecule has 0 saturated heterocycles. The van der Waals surface area contributed by atoms with Crippen molar-refractivity contribution in [3.05, 3.63) is 96.1 Å². The molecule has 1 unspecified atom stereocenters. The van der Waals surface area contributed by atoms with E-state index in [2.05, 4.69) is 22.8 Å². The normalized spacial score (nSPS) is 10.7. The Morgan fingerprint density at radius 1 is 0.931 bits per heavy atom. The molecule has 3 aromatic carbocycles. The van der Waals surface area contributed by atoms with Gasteiger partial charge in [-0.05, 0) is 43.2 Å².